The summed E-state index contributed by atoms with van der Waals surface area (Å²) >= 11 is 6.25. The van der Waals surface area contributed by atoms with E-state index in [0.29, 0.717) is 27.2 Å². The van der Waals surface area contributed by atoms with Crippen LogP contribution >= 0.6 is 11.6 Å². The van der Waals surface area contributed by atoms with Gasteiger partial charge in [-0.15, -0.1) is 0 Å². The Bertz CT molecular complexity index is 1470. The van der Waals surface area contributed by atoms with Gasteiger partial charge in [0.25, 0.3) is 0 Å². The minimum Gasteiger partial charge on any atom is -0.482 e. The molecule has 190 valence electrons. The maximum absolute atomic E-state index is 14.7. The summed E-state index contributed by atoms with van der Waals surface area (Å²) in [5, 5.41) is 0.302. The molecule has 1 aliphatic rings. The Morgan fingerprint density at radius 3 is 2.73 bits per heavy atom. The summed E-state index contributed by atoms with van der Waals surface area (Å²) in [5.74, 6) is -2.60. The van der Waals surface area contributed by atoms with Crippen LogP contribution in [0.2, 0.25) is 5.02 Å². The fourth-order valence-corrected chi connectivity index (χ4v) is 4.50. The van der Waals surface area contributed by atoms with Gasteiger partial charge in [0.1, 0.15) is 11.3 Å². The Morgan fingerprint density at radius 2 is 1.95 bits per heavy atom. The molecule has 0 saturated carbocycles. The molecular formula is C26H19ClF2N2O6. The van der Waals surface area contributed by atoms with Gasteiger partial charge in [-0.2, -0.15) is 4.98 Å². The van der Waals surface area contributed by atoms with Crippen LogP contribution < -0.4 is 9.47 Å². The molecule has 0 bridgehead atoms. The Balaban J connectivity index is 1.45. The van der Waals surface area contributed by atoms with E-state index in [1.54, 1.807) is 24.3 Å². The van der Waals surface area contributed by atoms with Crippen LogP contribution in [0.4, 0.5) is 13.6 Å². The quantitative estimate of drug-likeness (QED) is 0.318. The predicted octanol–water partition coefficient (Wildman–Crippen LogP) is 5.46. The van der Waals surface area contributed by atoms with Crippen molar-refractivity contribution in [2.75, 3.05) is 20.3 Å². The highest BCUT2D eigenvalue weighted by Crippen LogP contribution is 2.41. The molecule has 8 nitrogen and oxygen atoms in total. The van der Waals surface area contributed by atoms with E-state index in [4.69, 9.17) is 30.2 Å². The minimum absolute atomic E-state index is 0.0520. The number of aromatic nitrogens is 1. The van der Waals surface area contributed by atoms with Crippen LogP contribution in [0.3, 0.4) is 0 Å². The highest BCUT2D eigenvalue weighted by molar-refractivity contribution is 6.30. The van der Waals surface area contributed by atoms with Crippen molar-refractivity contribution in [1.82, 2.24) is 9.88 Å². The van der Waals surface area contributed by atoms with Gasteiger partial charge in [-0.25, -0.2) is 18.4 Å². The molecule has 1 aliphatic heterocycles. The number of ether oxygens (including phenoxy) is 3. The largest absolute Gasteiger partial charge is 0.482 e. The first-order chi connectivity index (χ1) is 17.9. The van der Waals surface area contributed by atoms with E-state index in [1.165, 1.54) is 36.3 Å². The first-order valence-corrected chi connectivity index (χ1v) is 11.5. The number of carbonyl (C=O) groups excluding carboxylic acids is 2. The summed E-state index contributed by atoms with van der Waals surface area (Å²) in [6.07, 6.45) is -0.832. The Kier molecular flexibility index (Phi) is 6.66. The average molecular weight is 529 g/mol. The van der Waals surface area contributed by atoms with Crippen LogP contribution in [-0.4, -0.2) is 42.2 Å². The number of oxazole rings is 1. The second-order valence-corrected chi connectivity index (χ2v) is 8.57. The molecule has 11 heteroatoms. The van der Waals surface area contributed by atoms with Crippen molar-refractivity contribution in [2.24, 2.45) is 0 Å². The van der Waals surface area contributed by atoms with Crippen molar-refractivity contribution < 1.29 is 37.0 Å². The molecule has 0 radical (unpaired) electrons. The van der Waals surface area contributed by atoms with Gasteiger partial charge in [-0.1, -0.05) is 29.8 Å². The molecule has 0 saturated heterocycles. The zero-order valence-electron chi connectivity index (χ0n) is 19.4. The fourth-order valence-electron chi connectivity index (χ4n) is 4.32. The highest BCUT2D eigenvalue weighted by atomic mass is 35.5. The third-order valence-corrected chi connectivity index (χ3v) is 6.17. The summed E-state index contributed by atoms with van der Waals surface area (Å²) in [6, 6.07) is 12.9. The normalized spacial score (nSPS) is 14.8. The molecule has 0 unspecified atom stereocenters. The molecule has 3 aromatic carbocycles. The molecule has 5 rings (SSSR count). The Hall–Kier alpha value is -4.18. The number of hydrogen-bond donors (Lipinski definition) is 0. The molecule has 37 heavy (non-hydrogen) atoms. The molecule has 0 N–H and O–H groups in total. The zero-order chi connectivity index (χ0) is 26.1. The standard InChI is InChI=1S/C26H19ClF2N2O6/c1-34-26(33)31-11-10-15-16(7-8-18(28)23(15)29)24(31)17-12-14(27)6-9-20(17)35-13-22(32)37-25-30-19-4-2-3-5-21(19)36-25/h2-9,12,24H,10-11,13H2,1H3/t24-/m0/s1. The molecule has 0 aliphatic carbocycles. The molecule has 0 fully saturated rings. The zero-order valence-corrected chi connectivity index (χ0v) is 20.1. The van der Waals surface area contributed by atoms with E-state index in [9.17, 15) is 18.4 Å². The van der Waals surface area contributed by atoms with Crippen molar-refractivity contribution in [3.8, 4) is 11.8 Å². The van der Waals surface area contributed by atoms with Crippen LogP contribution in [0.25, 0.3) is 11.1 Å². The van der Waals surface area contributed by atoms with Crippen LogP contribution in [0, 0.1) is 11.6 Å². The van der Waals surface area contributed by atoms with E-state index in [2.05, 4.69) is 4.98 Å². The topological polar surface area (TPSA) is 91.1 Å². The molecule has 0 spiro atoms. The Morgan fingerprint density at radius 1 is 1.14 bits per heavy atom. The monoisotopic (exact) mass is 528 g/mol. The number of halogens is 3. The van der Waals surface area contributed by atoms with Crippen molar-refractivity contribution in [1.29, 1.82) is 0 Å². The number of benzene rings is 3. The SMILES string of the molecule is COC(=O)N1CCc2c(ccc(F)c2F)[C@H]1c1cc(Cl)ccc1OCC(=O)Oc1nc2ccccc2o1. The van der Waals surface area contributed by atoms with E-state index in [1.807, 2.05) is 0 Å². The summed E-state index contributed by atoms with van der Waals surface area (Å²) < 4.78 is 49.8. The van der Waals surface area contributed by atoms with E-state index in [0.717, 1.165) is 6.07 Å². The summed E-state index contributed by atoms with van der Waals surface area (Å²) in [5.41, 5.74) is 1.80. The van der Waals surface area contributed by atoms with Gasteiger partial charge >= 0.3 is 18.1 Å². The molecule has 1 aromatic heterocycles. The van der Waals surface area contributed by atoms with Crippen LogP contribution in [0.15, 0.2) is 59.0 Å². The number of amides is 1. The summed E-state index contributed by atoms with van der Waals surface area (Å²) in [6.45, 7) is -0.487. The maximum atomic E-state index is 14.7. The third kappa shape index (κ3) is 4.79. The molecule has 1 atom stereocenters. The number of fused-ring (bicyclic) bond motifs is 2. The maximum Gasteiger partial charge on any atom is 0.410 e. The van der Waals surface area contributed by atoms with Crippen molar-refractivity contribution in [3.63, 3.8) is 0 Å². The Labute approximate surface area is 214 Å². The minimum atomic E-state index is -0.992. The van der Waals surface area contributed by atoms with E-state index in [-0.39, 0.29) is 30.4 Å². The van der Waals surface area contributed by atoms with Gasteiger partial charge < -0.3 is 18.6 Å². The number of esters is 1. The van der Waals surface area contributed by atoms with Crippen molar-refractivity contribution in [2.45, 2.75) is 12.5 Å². The van der Waals surface area contributed by atoms with Crippen LogP contribution in [0.5, 0.6) is 11.8 Å². The second kappa shape index (κ2) is 10.1. The van der Waals surface area contributed by atoms with Gasteiger partial charge in [0.2, 0.25) is 0 Å². The van der Waals surface area contributed by atoms with E-state index < -0.39 is 36.3 Å². The number of para-hydroxylation sites is 2. The fraction of sp³-hybridized carbons (Fsp3) is 0.192. The van der Waals surface area contributed by atoms with Crippen molar-refractivity contribution in [3.05, 3.63) is 87.9 Å². The molecular weight excluding hydrogens is 510 g/mol. The van der Waals surface area contributed by atoms with Crippen molar-refractivity contribution >= 4 is 34.8 Å². The van der Waals surface area contributed by atoms with Gasteiger partial charge in [0.15, 0.2) is 23.8 Å². The number of nitrogens with zero attached hydrogens (tertiary/aromatic N) is 2. The predicted molar refractivity (Wildman–Crippen MR) is 128 cm³/mol. The van der Waals surface area contributed by atoms with Gasteiger partial charge in [-0.05, 0) is 53.9 Å². The van der Waals surface area contributed by atoms with Crippen LogP contribution in [0.1, 0.15) is 22.7 Å². The van der Waals surface area contributed by atoms with E-state index >= 15 is 0 Å². The highest BCUT2D eigenvalue weighted by Gasteiger charge is 2.36. The lowest BCUT2D eigenvalue weighted by Gasteiger charge is -2.37. The summed E-state index contributed by atoms with van der Waals surface area (Å²) in [4.78, 5) is 30.5. The summed E-state index contributed by atoms with van der Waals surface area (Å²) in [7, 11) is 1.22. The second-order valence-electron chi connectivity index (χ2n) is 8.14. The van der Waals surface area contributed by atoms with Gasteiger partial charge in [0, 0.05) is 17.1 Å². The first kappa shape index (κ1) is 24.5. The third-order valence-electron chi connectivity index (χ3n) is 5.94. The number of carbonyl (C=O) groups is 2. The lowest BCUT2D eigenvalue weighted by atomic mass is 9.87. The molecule has 1 amide bonds. The van der Waals surface area contributed by atoms with Gasteiger partial charge in [-0.3, -0.25) is 4.90 Å². The number of methoxy groups -OCH3 is 1. The van der Waals surface area contributed by atoms with Crippen LogP contribution in [-0.2, 0) is 16.0 Å². The average Bonchev–Trinajstić information content (AvgIpc) is 3.31. The molecule has 4 aromatic rings. The number of hydrogen-bond acceptors (Lipinski definition) is 7. The lowest BCUT2D eigenvalue weighted by molar-refractivity contribution is -0.138. The smallest absolute Gasteiger partial charge is 0.410 e. The van der Waals surface area contributed by atoms with Gasteiger partial charge in [0.05, 0.1) is 13.2 Å². The number of rotatable bonds is 5. The first-order valence-electron chi connectivity index (χ1n) is 11.2. The molecule has 2 heterocycles. The lowest BCUT2D eigenvalue weighted by Crippen LogP contribution is -2.41.